The smallest absolute Gasteiger partial charge is 0.151 e. The fourth-order valence-corrected chi connectivity index (χ4v) is 2.53. The van der Waals surface area contributed by atoms with Crippen molar-refractivity contribution in [2.45, 2.75) is 45.1 Å². The predicted molar refractivity (Wildman–Crippen MR) is 64.1 cm³/mol. The van der Waals surface area contributed by atoms with Crippen LogP contribution in [0.2, 0.25) is 0 Å². The van der Waals surface area contributed by atoms with Crippen molar-refractivity contribution in [1.29, 1.82) is 0 Å². The van der Waals surface area contributed by atoms with Gasteiger partial charge in [0.15, 0.2) is 5.82 Å². The van der Waals surface area contributed by atoms with E-state index in [4.69, 9.17) is 0 Å². The summed E-state index contributed by atoms with van der Waals surface area (Å²) in [5, 5.41) is 7.86. The molecule has 1 aliphatic rings. The first-order valence-corrected chi connectivity index (χ1v) is 6.33. The molecule has 1 aromatic rings. The van der Waals surface area contributed by atoms with E-state index < -0.39 is 0 Å². The monoisotopic (exact) mass is 222 g/mol. The van der Waals surface area contributed by atoms with Crippen LogP contribution in [-0.4, -0.2) is 27.4 Å². The van der Waals surface area contributed by atoms with Gasteiger partial charge in [-0.25, -0.2) is 4.98 Å². The van der Waals surface area contributed by atoms with E-state index in [-0.39, 0.29) is 0 Å². The molecule has 1 saturated carbocycles. The molecule has 1 aromatic heterocycles. The second-order valence-electron chi connectivity index (χ2n) is 4.87. The highest BCUT2D eigenvalue weighted by Crippen LogP contribution is 2.27. The number of aryl methyl sites for hydroxylation is 1. The number of nitrogens with zero attached hydrogens (tertiary/aromatic N) is 3. The molecule has 0 saturated heterocycles. The zero-order valence-electron chi connectivity index (χ0n) is 10.3. The van der Waals surface area contributed by atoms with Gasteiger partial charge >= 0.3 is 0 Å². The highest BCUT2D eigenvalue weighted by Gasteiger charge is 2.20. The maximum atomic E-state index is 4.27. The largest absolute Gasteiger partial charge is 0.314 e. The Hall–Kier alpha value is -0.900. The van der Waals surface area contributed by atoms with Crippen molar-refractivity contribution >= 4 is 0 Å². The third-order valence-electron chi connectivity index (χ3n) is 3.57. The van der Waals surface area contributed by atoms with Crippen LogP contribution in [0.15, 0.2) is 6.33 Å². The fourth-order valence-electron chi connectivity index (χ4n) is 2.53. The van der Waals surface area contributed by atoms with Gasteiger partial charge in [-0.05, 0) is 25.7 Å². The molecule has 0 bridgehead atoms. The molecule has 0 radical (unpaired) electrons. The maximum Gasteiger partial charge on any atom is 0.151 e. The minimum atomic E-state index is 0.645. The van der Waals surface area contributed by atoms with E-state index in [1.807, 2.05) is 7.05 Å². The van der Waals surface area contributed by atoms with Gasteiger partial charge in [0.05, 0.1) is 0 Å². The summed E-state index contributed by atoms with van der Waals surface area (Å²) in [5.41, 5.74) is 0. The van der Waals surface area contributed by atoms with Crippen molar-refractivity contribution in [3.63, 3.8) is 0 Å². The van der Waals surface area contributed by atoms with Crippen molar-refractivity contribution in [2.75, 3.05) is 6.54 Å². The first kappa shape index (κ1) is 11.6. The van der Waals surface area contributed by atoms with E-state index in [1.165, 1.54) is 25.7 Å². The summed E-state index contributed by atoms with van der Waals surface area (Å²) in [6.07, 6.45) is 8.32. The Morgan fingerprint density at radius 1 is 1.50 bits per heavy atom. The summed E-state index contributed by atoms with van der Waals surface area (Å²) in [6.45, 7) is 3.30. The molecular formula is C12H22N4. The van der Waals surface area contributed by atoms with Crippen LogP contribution >= 0.6 is 0 Å². The Morgan fingerprint density at radius 2 is 2.25 bits per heavy atom. The zero-order chi connectivity index (χ0) is 11.4. The first-order chi connectivity index (χ1) is 7.75. The summed E-state index contributed by atoms with van der Waals surface area (Å²) in [4.78, 5) is 4.22. The summed E-state index contributed by atoms with van der Waals surface area (Å²) in [6, 6.07) is 0.645. The van der Waals surface area contributed by atoms with Gasteiger partial charge in [-0.3, -0.25) is 4.68 Å². The lowest BCUT2D eigenvalue weighted by Crippen LogP contribution is -2.33. The Morgan fingerprint density at radius 3 is 2.88 bits per heavy atom. The molecule has 1 unspecified atom stereocenters. The Balaban J connectivity index is 1.67. The summed E-state index contributed by atoms with van der Waals surface area (Å²) in [7, 11) is 1.91. The number of aromatic nitrogens is 3. The molecule has 1 N–H and O–H groups in total. The average molecular weight is 222 g/mol. The third-order valence-corrected chi connectivity index (χ3v) is 3.57. The predicted octanol–water partition coefficient (Wildman–Crippen LogP) is 1.53. The van der Waals surface area contributed by atoms with Crippen molar-refractivity contribution in [3.8, 4) is 0 Å². The van der Waals surface area contributed by atoms with Gasteiger partial charge in [-0.1, -0.05) is 12.8 Å². The lowest BCUT2D eigenvalue weighted by Gasteiger charge is -2.19. The van der Waals surface area contributed by atoms with Crippen LogP contribution in [0.4, 0.5) is 0 Å². The van der Waals surface area contributed by atoms with Crippen LogP contribution in [0.1, 0.15) is 38.4 Å². The number of hydrogen-bond donors (Lipinski definition) is 1. The highest BCUT2D eigenvalue weighted by atomic mass is 15.3. The second kappa shape index (κ2) is 5.43. The van der Waals surface area contributed by atoms with E-state index in [0.717, 1.165) is 24.7 Å². The van der Waals surface area contributed by atoms with E-state index in [2.05, 4.69) is 22.3 Å². The number of nitrogens with one attached hydrogen (secondary N) is 1. The molecule has 16 heavy (non-hydrogen) atoms. The van der Waals surface area contributed by atoms with Crippen LogP contribution in [0.5, 0.6) is 0 Å². The molecule has 0 aromatic carbocycles. The quantitative estimate of drug-likeness (QED) is 0.821. The summed E-state index contributed by atoms with van der Waals surface area (Å²) in [5.74, 6) is 1.82. The van der Waals surface area contributed by atoms with Gasteiger partial charge in [0.2, 0.25) is 0 Å². The molecule has 1 atom stereocenters. The van der Waals surface area contributed by atoms with Crippen LogP contribution < -0.4 is 5.32 Å². The lowest BCUT2D eigenvalue weighted by molar-refractivity contribution is 0.383. The van der Waals surface area contributed by atoms with Crippen LogP contribution in [0, 0.1) is 5.92 Å². The topological polar surface area (TPSA) is 42.7 Å². The van der Waals surface area contributed by atoms with Crippen molar-refractivity contribution < 1.29 is 0 Å². The van der Waals surface area contributed by atoms with Gasteiger partial charge in [0.1, 0.15) is 6.33 Å². The van der Waals surface area contributed by atoms with Gasteiger partial charge in [0, 0.05) is 26.1 Å². The molecule has 0 spiro atoms. The molecule has 1 heterocycles. The highest BCUT2D eigenvalue weighted by molar-refractivity contribution is 4.84. The van der Waals surface area contributed by atoms with Crippen molar-refractivity contribution in [1.82, 2.24) is 20.1 Å². The minimum absolute atomic E-state index is 0.645. The molecule has 1 fully saturated rings. The number of rotatable bonds is 5. The molecule has 0 amide bonds. The van der Waals surface area contributed by atoms with Gasteiger partial charge in [-0.2, -0.15) is 5.10 Å². The van der Waals surface area contributed by atoms with Crippen molar-refractivity contribution in [3.05, 3.63) is 12.2 Å². The van der Waals surface area contributed by atoms with E-state index >= 15 is 0 Å². The minimum Gasteiger partial charge on any atom is -0.314 e. The van der Waals surface area contributed by atoms with Crippen LogP contribution in [0.3, 0.4) is 0 Å². The van der Waals surface area contributed by atoms with Crippen LogP contribution in [-0.2, 0) is 13.5 Å². The first-order valence-electron chi connectivity index (χ1n) is 6.33. The molecule has 2 rings (SSSR count). The summed E-state index contributed by atoms with van der Waals surface area (Å²) >= 11 is 0. The average Bonchev–Trinajstić information content (AvgIpc) is 2.89. The Labute approximate surface area is 97.5 Å². The second-order valence-corrected chi connectivity index (χ2v) is 4.87. The van der Waals surface area contributed by atoms with E-state index in [0.29, 0.717) is 6.04 Å². The van der Waals surface area contributed by atoms with Gasteiger partial charge < -0.3 is 5.32 Å². The molecular weight excluding hydrogens is 200 g/mol. The fraction of sp³-hybridized carbons (Fsp3) is 0.833. The summed E-state index contributed by atoms with van der Waals surface area (Å²) < 4.78 is 1.76. The molecule has 0 aliphatic heterocycles. The Kier molecular flexibility index (Phi) is 3.93. The standard InChI is InChI=1S/C12H22N4/c1-10(11-5-3-4-6-11)13-8-7-12-14-9-16(2)15-12/h9-11,13H,3-8H2,1-2H3. The lowest BCUT2D eigenvalue weighted by atomic mass is 10.00. The van der Waals surface area contributed by atoms with E-state index in [1.54, 1.807) is 11.0 Å². The molecule has 1 aliphatic carbocycles. The van der Waals surface area contributed by atoms with Gasteiger partial charge in [0.25, 0.3) is 0 Å². The normalized spacial score (nSPS) is 19.1. The third kappa shape index (κ3) is 3.04. The van der Waals surface area contributed by atoms with Crippen molar-refractivity contribution in [2.24, 2.45) is 13.0 Å². The van der Waals surface area contributed by atoms with Gasteiger partial charge in [-0.15, -0.1) is 0 Å². The molecule has 90 valence electrons. The number of hydrogen-bond acceptors (Lipinski definition) is 3. The molecule has 4 nitrogen and oxygen atoms in total. The maximum absolute atomic E-state index is 4.27. The van der Waals surface area contributed by atoms with E-state index in [9.17, 15) is 0 Å². The zero-order valence-corrected chi connectivity index (χ0v) is 10.3. The van der Waals surface area contributed by atoms with Crippen LogP contribution in [0.25, 0.3) is 0 Å². The SMILES string of the molecule is CC(NCCc1ncn(C)n1)C1CCCC1. The molecule has 4 heteroatoms. The Bertz CT molecular complexity index is 315.